The van der Waals surface area contributed by atoms with Crippen LogP contribution in [0.2, 0.25) is 0 Å². The molecule has 19 heavy (non-hydrogen) atoms. The molecule has 0 bridgehead atoms. The molecule has 1 N–H and O–H groups in total. The number of rotatable bonds is 7. The molecule has 2 rings (SSSR count). The highest BCUT2D eigenvalue weighted by molar-refractivity contribution is 5.87. The van der Waals surface area contributed by atoms with Gasteiger partial charge in [0.15, 0.2) is 0 Å². The lowest BCUT2D eigenvalue weighted by Gasteiger charge is -2.11. The summed E-state index contributed by atoms with van der Waals surface area (Å²) in [4.78, 5) is 10.8. The number of carboxylic acid groups (broad SMARTS) is 1. The lowest BCUT2D eigenvalue weighted by molar-refractivity contribution is 0.00852. The highest BCUT2D eigenvalue weighted by Crippen LogP contribution is 2.14. The minimum atomic E-state index is -0.958. The molecule has 5 heteroatoms. The summed E-state index contributed by atoms with van der Waals surface area (Å²) < 4.78 is 16.3. The van der Waals surface area contributed by atoms with Crippen LogP contribution >= 0.6 is 0 Å². The predicted molar refractivity (Wildman–Crippen MR) is 68.7 cm³/mol. The van der Waals surface area contributed by atoms with E-state index in [1.807, 2.05) is 0 Å². The highest BCUT2D eigenvalue weighted by atomic mass is 16.5. The van der Waals surface area contributed by atoms with Crippen LogP contribution in [-0.4, -0.2) is 43.6 Å². The molecule has 1 aromatic carbocycles. The quantitative estimate of drug-likeness (QED) is 0.764. The van der Waals surface area contributed by atoms with Crippen molar-refractivity contribution in [1.29, 1.82) is 0 Å². The third-order valence-corrected chi connectivity index (χ3v) is 2.91. The van der Waals surface area contributed by atoms with Crippen LogP contribution in [0.25, 0.3) is 0 Å². The van der Waals surface area contributed by atoms with Gasteiger partial charge in [-0.1, -0.05) is 6.07 Å². The van der Waals surface area contributed by atoms with Gasteiger partial charge in [0, 0.05) is 6.61 Å². The zero-order valence-corrected chi connectivity index (χ0v) is 10.7. The first-order valence-corrected chi connectivity index (χ1v) is 6.41. The Bertz CT molecular complexity index is 412. The first-order chi connectivity index (χ1) is 9.25. The molecule has 1 aliphatic heterocycles. The van der Waals surface area contributed by atoms with Crippen molar-refractivity contribution in [3.63, 3.8) is 0 Å². The van der Waals surface area contributed by atoms with Crippen LogP contribution in [0, 0.1) is 0 Å². The van der Waals surface area contributed by atoms with E-state index >= 15 is 0 Å². The summed E-state index contributed by atoms with van der Waals surface area (Å²) in [5, 5.41) is 8.85. The van der Waals surface area contributed by atoms with E-state index in [9.17, 15) is 4.79 Å². The maximum atomic E-state index is 10.8. The third-order valence-electron chi connectivity index (χ3n) is 2.91. The van der Waals surface area contributed by atoms with Crippen LogP contribution < -0.4 is 4.74 Å². The molecule has 1 fully saturated rings. The minimum Gasteiger partial charge on any atom is -0.491 e. The molecule has 0 amide bonds. The summed E-state index contributed by atoms with van der Waals surface area (Å²) in [5.41, 5.74) is 0.220. The Morgan fingerprint density at radius 1 is 1.42 bits per heavy atom. The Morgan fingerprint density at radius 2 is 2.32 bits per heavy atom. The van der Waals surface area contributed by atoms with Crippen molar-refractivity contribution >= 4 is 5.97 Å². The molecule has 0 radical (unpaired) electrons. The van der Waals surface area contributed by atoms with E-state index in [1.54, 1.807) is 12.1 Å². The molecule has 1 aliphatic rings. The van der Waals surface area contributed by atoms with Crippen molar-refractivity contribution in [2.24, 2.45) is 0 Å². The van der Waals surface area contributed by atoms with E-state index in [4.69, 9.17) is 19.3 Å². The molecule has 1 heterocycles. The molecule has 1 saturated heterocycles. The van der Waals surface area contributed by atoms with E-state index in [0.29, 0.717) is 25.6 Å². The number of ether oxygens (including phenoxy) is 3. The summed E-state index contributed by atoms with van der Waals surface area (Å²) >= 11 is 0. The van der Waals surface area contributed by atoms with E-state index < -0.39 is 5.97 Å². The highest BCUT2D eigenvalue weighted by Gasteiger charge is 2.14. The maximum Gasteiger partial charge on any atom is 0.335 e. The van der Waals surface area contributed by atoms with Gasteiger partial charge in [-0.3, -0.25) is 0 Å². The lowest BCUT2D eigenvalue weighted by Crippen LogP contribution is -2.17. The van der Waals surface area contributed by atoms with Crippen LogP contribution in [0.3, 0.4) is 0 Å². The molecular weight excluding hydrogens is 248 g/mol. The molecule has 1 unspecified atom stereocenters. The molecule has 104 valence electrons. The third kappa shape index (κ3) is 4.54. The van der Waals surface area contributed by atoms with Crippen molar-refractivity contribution in [1.82, 2.24) is 0 Å². The zero-order chi connectivity index (χ0) is 13.5. The van der Waals surface area contributed by atoms with Gasteiger partial charge in [0.1, 0.15) is 12.4 Å². The van der Waals surface area contributed by atoms with E-state index in [-0.39, 0.29) is 11.7 Å². The number of aromatic carboxylic acids is 1. The topological polar surface area (TPSA) is 65.0 Å². The summed E-state index contributed by atoms with van der Waals surface area (Å²) in [5.74, 6) is -0.416. The molecule has 1 atom stereocenters. The average molecular weight is 266 g/mol. The predicted octanol–water partition coefficient (Wildman–Crippen LogP) is 1.96. The van der Waals surface area contributed by atoms with E-state index in [2.05, 4.69) is 0 Å². The second kappa shape index (κ2) is 7.11. The van der Waals surface area contributed by atoms with Crippen LogP contribution in [0.1, 0.15) is 23.2 Å². The van der Waals surface area contributed by atoms with E-state index in [1.165, 1.54) is 12.1 Å². The fourth-order valence-electron chi connectivity index (χ4n) is 1.93. The maximum absolute atomic E-state index is 10.8. The fraction of sp³-hybridized carbons (Fsp3) is 0.500. The van der Waals surface area contributed by atoms with Crippen LogP contribution in [0.15, 0.2) is 24.3 Å². The SMILES string of the molecule is O=C(O)c1cccc(OCCOCC2CCCO2)c1. The molecule has 0 saturated carbocycles. The summed E-state index contributed by atoms with van der Waals surface area (Å²) in [6, 6.07) is 6.42. The monoisotopic (exact) mass is 266 g/mol. The molecule has 0 aromatic heterocycles. The number of hydrogen-bond donors (Lipinski definition) is 1. The average Bonchev–Trinajstić information content (AvgIpc) is 2.92. The number of hydrogen-bond acceptors (Lipinski definition) is 4. The molecule has 0 aliphatic carbocycles. The summed E-state index contributed by atoms with van der Waals surface area (Å²) in [6.45, 7) is 2.29. The number of carboxylic acids is 1. The van der Waals surface area contributed by atoms with Gasteiger partial charge >= 0.3 is 5.97 Å². The normalized spacial score (nSPS) is 18.4. The number of benzene rings is 1. The summed E-state index contributed by atoms with van der Waals surface area (Å²) in [6.07, 6.45) is 2.38. The minimum absolute atomic E-state index is 0.218. The largest absolute Gasteiger partial charge is 0.491 e. The first-order valence-electron chi connectivity index (χ1n) is 6.41. The molecular formula is C14H18O5. The molecule has 1 aromatic rings. The van der Waals surface area contributed by atoms with Gasteiger partial charge in [-0.2, -0.15) is 0 Å². The Balaban J connectivity index is 1.64. The number of carbonyl (C=O) groups is 1. The van der Waals surface area contributed by atoms with Crippen molar-refractivity contribution < 1.29 is 24.1 Å². The first kappa shape index (κ1) is 13.8. The molecule has 0 spiro atoms. The van der Waals surface area contributed by atoms with Gasteiger partial charge in [0.05, 0.1) is 24.9 Å². The molecule has 5 nitrogen and oxygen atoms in total. The van der Waals surface area contributed by atoms with Crippen LogP contribution in [0.5, 0.6) is 5.75 Å². The fourth-order valence-corrected chi connectivity index (χ4v) is 1.93. The van der Waals surface area contributed by atoms with Crippen molar-refractivity contribution in [3.05, 3.63) is 29.8 Å². The Morgan fingerprint density at radius 3 is 3.05 bits per heavy atom. The van der Waals surface area contributed by atoms with Gasteiger partial charge in [-0.15, -0.1) is 0 Å². The Hall–Kier alpha value is -1.59. The van der Waals surface area contributed by atoms with Gasteiger partial charge in [-0.05, 0) is 31.0 Å². The van der Waals surface area contributed by atoms with Crippen molar-refractivity contribution in [3.8, 4) is 5.75 Å². The van der Waals surface area contributed by atoms with Gasteiger partial charge < -0.3 is 19.3 Å². The second-order valence-electron chi connectivity index (χ2n) is 4.39. The smallest absolute Gasteiger partial charge is 0.335 e. The van der Waals surface area contributed by atoms with Crippen LogP contribution in [-0.2, 0) is 9.47 Å². The van der Waals surface area contributed by atoms with Crippen molar-refractivity contribution in [2.45, 2.75) is 18.9 Å². The summed E-state index contributed by atoms with van der Waals surface area (Å²) in [7, 11) is 0. The van der Waals surface area contributed by atoms with Gasteiger partial charge in [-0.25, -0.2) is 4.79 Å². The second-order valence-corrected chi connectivity index (χ2v) is 4.39. The lowest BCUT2D eigenvalue weighted by atomic mass is 10.2. The Labute approximate surface area is 112 Å². The van der Waals surface area contributed by atoms with Gasteiger partial charge in [0.2, 0.25) is 0 Å². The van der Waals surface area contributed by atoms with Gasteiger partial charge in [0.25, 0.3) is 0 Å². The van der Waals surface area contributed by atoms with Crippen molar-refractivity contribution in [2.75, 3.05) is 26.4 Å². The zero-order valence-electron chi connectivity index (χ0n) is 10.7. The standard InChI is InChI=1S/C14H18O5/c15-14(16)11-3-1-4-12(9-11)19-8-7-17-10-13-5-2-6-18-13/h1,3-4,9,13H,2,5-8,10H2,(H,15,16). The van der Waals surface area contributed by atoms with E-state index in [0.717, 1.165) is 19.4 Å². The van der Waals surface area contributed by atoms with Crippen LogP contribution in [0.4, 0.5) is 0 Å². The Kier molecular flexibility index (Phi) is 5.18.